The number of benzene rings is 1. The van der Waals surface area contributed by atoms with Crippen LogP contribution < -0.4 is 5.32 Å². The molecule has 0 bridgehead atoms. The van der Waals surface area contributed by atoms with Gasteiger partial charge in [-0.15, -0.1) is 0 Å². The van der Waals surface area contributed by atoms with Crippen molar-refractivity contribution in [3.05, 3.63) is 55.2 Å². The van der Waals surface area contributed by atoms with Crippen LogP contribution in [0.25, 0.3) is 0 Å². The van der Waals surface area contributed by atoms with Gasteiger partial charge in [-0.1, -0.05) is 0 Å². The second-order valence-electron chi connectivity index (χ2n) is 4.30. The zero-order valence-corrected chi connectivity index (χ0v) is 12.7. The van der Waals surface area contributed by atoms with E-state index < -0.39 is 4.92 Å². The summed E-state index contributed by atoms with van der Waals surface area (Å²) in [5.74, 6) is 0. The standard InChI is InChI=1S/C13H13BrN2O2S/c1-9(6-10-4-5-19-8-10)15-13-3-2-11(16(17)18)7-12(13)14/h2-5,7-9,15H,6H2,1H3. The fraction of sp³-hybridized carbons (Fsp3) is 0.231. The largest absolute Gasteiger partial charge is 0.381 e. The summed E-state index contributed by atoms with van der Waals surface area (Å²) in [5.41, 5.74) is 2.25. The average Bonchev–Trinajstić information content (AvgIpc) is 2.84. The molecule has 100 valence electrons. The van der Waals surface area contributed by atoms with Crippen LogP contribution in [0.3, 0.4) is 0 Å². The number of thiophene rings is 1. The summed E-state index contributed by atoms with van der Waals surface area (Å²) in [6, 6.07) is 7.11. The van der Waals surface area contributed by atoms with Gasteiger partial charge in [0.1, 0.15) is 0 Å². The van der Waals surface area contributed by atoms with E-state index in [-0.39, 0.29) is 11.7 Å². The number of nitrogens with zero attached hydrogens (tertiary/aromatic N) is 1. The Bertz CT molecular complexity index is 572. The molecule has 19 heavy (non-hydrogen) atoms. The van der Waals surface area contributed by atoms with Gasteiger partial charge >= 0.3 is 0 Å². The third kappa shape index (κ3) is 3.78. The Morgan fingerprint density at radius 3 is 2.84 bits per heavy atom. The van der Waals surface area contributed by atoms with Gasteiger partial charge in [0.2, 0.25) is 0 Å². The van der Waals surface area contributed by atoms with Gasteiger partial charge in [0.15, 0.2) is 0 Å². The van der Waals surface area contributed by atoms with Crippen molar-refractivity contribution in [2.24, 2.45) is 0 Å². The predicted octanol–water partition coefficient (Wildman–Crippen LogP) is 4.46. The molecule has 2 aromatic rings. The molecule has 1 atom stereocenters. The second kappa shape index (κ2) is 6.16. The first kappa shape index (κ1) is 14.0. The molecule has 0 amide bonds. The van der Waals surface area contributed by atoms with Crippen LogP contribution in [-0.2, 0) is 6.42 Å². The Balaban J connectivity index is 2.04. The van der Waals surface area contributed by atoms with Crippen LogP contribution in [0.4, 0.5) is 11.4 Å². The lowest BCUT2D eigenvalue weighted by atomic mass is 10.1. The van der Waals surface area contributed by atoms with E-state index >= 15 is 0 Å². The Hall–Kier alpha value is -1.40. The van der Waals surface area contributed by atoms with E-state index in [0.717, 1.165) is 12.1 Å². The van der Waals surface area contributed by atoms with Gasteiger partial charge in [0, 0.05) is 28.3 Å². The zero-order valence-electron chi connectivity index (χ0n) is 10.3. The molecule has 0 saturated carbocycles. The molecule has 1 aromatic heterocycles. The molecule has 6 heteroatoms. The van der Waals surface area contributed by atoms with Gasteiger partial charge in [0.05, 0.1) is 4.92 Å². The first-order valence-electron chi connectivity index (χ1n) is 5.78. The van der Waals surface area contributed by atoms with Crippen molar-refractivity contribution >= 4 is 38.6 Å². The lowest BCUT2D eigenvalue weighted by Gasteiger charge is -2.15. The van der Waals surface area contributed by atoms with Gasteiger partial charge in [-0.2, -0.15) is 11.3 Å². The van der Waals surface area contributed by atoms with Gasteiger partial charge in [-0.05, 0) is 57.7 Å². The first-order valence-corrected chi connectivity index (χ1v) is 7.51. The van der Waals surface area contributed by atoms with E-state index in [2.05, 4.69) is 45.0 Å². The van der Waals surface area contributed by atoms with Crippen LogP contribution in [-0.4, -0.2) is 11.0 Å². The number of nitrogens with one attached hydrogen (secondary N) is 1. The molecule has 4 nitrogen and oxygen atoms in total. The lowest BCUT2D eigenvalue weighted by molar-refractivity contribution is -0.384. The van der Waals surface area contributed by atoms with Gasteiger partial charge in [-0.25, -0.2) is 0 Å². The molecule has 0 spiro atoms. The molecular formula is C13H13BrN2O2S. The molecular weight excluding hydrogens is 328 g/mol. The van der Waals surface area contributed by atoms with Crippen molar-refractivity contribution in [3.8, 4) is 0 Å². The van der Waals surface area contributed by atoms with Crippen molar-refractivity contribution in [2.75, 3.05) is 5.32 Å². The number of nitro groups is 1. The van der Waals surface area contributed by atoms with Crippen molar-refractivity contribution in [3.63, 3.8) is 0 Å². The smallest absolute Gasteiger partial charge is 0.270 e. The number of hydrogen-bond donors (Lipinski definition) is 1. The highest BCUT2D eigenvalue weighted by Crippen LogP contribution is 2.28. The Labute approximate surface area is 123 Å². The minimum Gasteiger partial charge on any atom is -0.381 e. The second-order valence-corrected chi connectivity index (χ2v) is 5.94. The number of rotatable bonds is 5. The predicted molar refractivity (Wildman–Crippen MR) is 81.9 cm³/mol. The number of non-ortho nitro benzene ring substituents is 1. The SMILES string of the molecule is CC(Cc1ccsc1)Nc1ccc([N+](=O)[O-])cc1Br. The monoisotopic (exact) mass is 340 g/mol. The van der Waals surface area contributed by atoms with Crippen LogP contribution in [0.5, 0.6) is 0 Å². The summed E-state index contributed by atoms with van der Waals surface area (Å²) < 4.78 is 0.707. The molecule has 0 saturated heterocycles. The molecule has 1 unspecified atom stereocenters. The van der Waals surface area contributed by atoms with Gasteiger partial charge in [0.25, 0.3) is 5.69 Å². The minimum absolute atomic E-state index is 0.0860. The summed E-state index contributed by atoms with van der Waals surface area (Å²) in [4.78, 5) is 10.3. The summed E-state index contributed by atoms with van der Waals surface area (Å²) in [6.07, 6.45) is 0.924. The maximum Gasteiger partial charge on any atom is 0.270 e. The van der Waals surface area contributed by atoms with Crippen LogP contribution in [0.2, 0.25) is 0 Å². The summed E-state index contributed by atoms with van der Waals surface area (Å²) in [5, 5.41) is 18.2. The number of nitro benzene ring substituents is 1. The van der Waals surface area contributed by atoms with E-state index in [9.17, 15) is 10.1 Å². The first-order chi connectivity index (χ1) is 9.06. The molecule has 1 aromatic carbocycles. The van der Waals surface area contributed by atoms with Crippen LogP contribution >= 0.6 is 27.3 Å². The van der Waals surface area contributed by atoms with E-state index in [1.54, 1.807) is 17.4 Å². The maximum atomic E-state index is 10.7. The third-order valence-corrected chi connectivity index (χ3v) is 4.08. The van der Waals surface area contributed by atoms with Crippen molar-refractivity contribution in [1.82, 2.24) is 0 Å². The zero-order chi connectivity index (χ0) is 13.8. The normalized spacial score (nSPS) is 12.1. The highest BCUT2D eigenvalue weighted by atomic mass is 79.9. The summed E-state index contributed by atoms with van der Waals surface area (Å²) in [7, 11) is 0. The van der Waals surface area contributed by atoms with Crippen molar-refractivity contribution in [2.45, 2.75) is 19.4 Å². The molecule has 2 rings (SSSR count). The van der Waals surface area contributed by atoms with Gasteiger partial charge in [-0.3, -0.25) is 10.1 Å². The highest BCUT2D eigenvalue weighted by molar-refractivity contribution is 9.10. The highest BCUT2D eigenvalue weighted by Gasteiger charge is 2.11. The fourth-order valence-corrected chi connectivity index (χ4v) is 2.98. The topological polar surface area (TPSA) is 55.2 Å². The van der Waals surface area contributed by atoms with E-state index in [1.807, 2.05) is 0 Å². The van der Waals surface area contributed by atoms with E-state index in [0.29, 0.717) is 4.47 Å². The number of anilines is 1. The quantitative estimate of drug-likeness (QED) is 0.645. The van der Waals surface area contributed by atoms with Crippen molar-refractivity contribution < 1.29 is 4.92 Å². The summed E-state index contributed by atoms with van der Waals surface area (Å²) >= 11 is 5.04. The Morgan fingerprint density at radius 1 is 1.47 bits per heavy atom. The number of halogens is 1. The molecule has 0 radical (unpaired) electrons. The molecule has 1 heterocycles. The Morgan fingerprint density at radius 2 is 2.26 bits per heavy atom. The van der Waals surface area contributed by atoms with Crippen LogP contribution in [0, 0.1) is 10.1 Å². The minimum atomic E-state index is -0.399. The van der Waals surface area contributed by atoms with Crippen molar-refractivity contribution in [1.29, 1.82) is 0 Å². The Kier molecular flexibility index (Phi) is 4.55. The number of hydrogen-bond acceptors (Lipinski definition) is 4. The molecule has 0 aliphatic carbocycles. The molecule has 0 aliphatic heterocycles. The molecule has 1 N–H and O–H groups in total. The third-order valence-electron chi connectivity index (χ3n) is 2.69. The molecule has 0 fully saturated rings. The lowest BCUT2D eigenvalue weighted by Crippen LogP contribution is -2.18. The maximum absolute atomic E-state index is 10.7. The molecule has 0 aliphatic rings. The van der Waals surface area contributed by atoms with Crippen LogP contribution in [0.1, 0.15) is 12.5 Å². The van der Waals surface area contributed by atoms with Crippen LogP contribution in [0.15, 0.2) is 39.5 Å². The van der Waals surface area contributed by atoms with E-state index in [4.69, 9.17) is 0 Å². The van der Waals surface area contributed by atoms with Gasteiger partial charge < -0.3 is 5.32 Å². The summed E-state index contributed by atoms with van der Waals surface area (Å²) in [6.45, 7) is 2.09. The van der Waals surface area contributed by atoms with E-state index in [1.165, 1.54) is 17.7 Å². The fourth-order valence-electron chi connectivity index (χ4n) is 1.81. The average molecular weight is 341 g/mol.